The summed E-state index contributed by atoms with van der Waals surface area (Å²) in [6, 6.07) is 0. The van der Waals surface area contributed by atoms with E-state index in [1.807, 2.05) is 6.92 Å². The van der Waals surface area contributed by atoms with Crippen molar-refractivity contribution in [3.63, 3.8) is 0 Å². The molecule has 0 unspecified atom stereocenters. The van der Waals surface area contributed by atoms with Crippen molar-refractivity contribution in [2.75, 3.05) is 6.73 Å². The van der Waals surface area contributed by atoms with Gasteiger partial charge in [0.2, 0.25) is 8.32 Å². The molecule has 0 aromatic rings. The van der Waals surface area contributed by atoms with Crippen molar-refractivity contribution >= 4 is 22.5 Å². The SMILES string of the molecule is C/C(=N/CO[Si](C)(C)C)O[Si](C)(C)C. The summed E-state index contributed by atoms with van der Waals surface area (Å²) in [4.78, 5) is 4.24. The van der Waals surface area contributed by atoms with Crippen LogP contribution in [-0.2, 0) is 8.85 Å². The zero-order chi connectivity index (χ0) is 11.4. The maximum Gasteiger partial charge on any atom is 0.243 e. The van der Waals surface area contributed by atoms with Crippen molar-refractivity contribution in [2.45, 2.75) is 46.2 Å². The van der Waals surface area contributed by atoms with E-state index in [9.17, 15) is 0 Å². The molecule has 0 atom stereocenters. The molecule has 0 radical (unpaired) electrons. The van der Waals surface area contributed by atoms with Gasteiger partial charge in [0.1, 0.15) is 6.73 Å². The van der Waals surface area contributed by atoms with Crippen LogP contribution in [0.3, 0.4) is 0 Å². The van der Waals surface area contributed by atoms with Crippen LogP contribution in [0.1, 0.15) is 6.92 Å². The van der Waals surface area contributed by atoms with Crippen LogP contribution >= 0.6 is 0 Å². The molecule has 0 spiro atoms. The summed E-state index contributed by atoms with van der Waals surface area (Å²) < 4.78 is 11.3. The van der Waals surface area contributed by atoms with Gasteiger partial charge in [0.05, 0.1) is 0 Å². The van der Waals surface area contributed by atoms with Gasteiger partial charge in [-0.2, -0.15) is 0 Å². The highest BCUT2D eigenvalue weighted by Gasteiger charge is 2.17. The number of nitrogens with zero attached hydrogens (tertiary/aromatic N) is 1. The van der Waals surface area contributed by atoms with Gasteiger partial charge in [-0.05, 0) is 39.3 Å². The Balaban J connectivity index is 3.90. The second kappa shape index (κ2) is 5.09. The van der Waals surface area contributed by atoms with Crippen LogP contribution in [-0.4, -0.2) is 29.3 Å². The first-order valence-corrected chi connectivity index (χ1v) is 11.8. The Morgan fingerprint density at radius 2 is 1.50 bits per heavy atom. The number of rotatable bonds is 4. The van der Waals surface area contributed by atoms with Crippen molar-refractivity contribution < 1.29 is 8.85 Å². The van der Waals surface area contributed by atoms with Gasteiger partial charge >= 0.3 is 0 Å². The topological polar surface area (TPSA) is 30.8 Å². The molecule has 5 heteroatoms. The average molecular weight is 233 g/mol. The van der Waals surface area contributed by atoms with E-state index in [0.717, 1.165) is 5.90 Å². The zero-order valence-corrected chi connectivity index (χ0v) is 12.5. The lowest BCUT2D eigenvalue weighted by atomic mass is 10.8. The molecule has 0 saturated heterocycles. The maximum atomic E-state index is 5.68. The van der Waals surface area contributed by atoms with Crippen LogP contribution in [0.2, 0.25) is 39.3 Å². The van der Waals surface area contributed by atoms with Crippen molar-refractivity contribution in [3.8, 4) is 0 Å². The molecular weight excluding hydrogens is 210 g/mol. The van der Waals surface area contributed by atoms with Crippen LogP contribution in [0.5, 0.6) is 0 Å². The van der Waals surface area contributed by atoms with E-state index in [4.69, 9.17) is 8.85 Å². The molecule has 84 valence electrons. The molecular formula is C9H23NO2Si2. The molecule has 0 aliphatic heterocycles. The molecule has 14 heavy (non-hydrogen) atoms. The van der Waals surface area contributed by atoms with E-state index in [-0.39, 0.29) is 0 Å². The molecule has 0 aromatic heterocycles. The second-order valence-corrected chi connectivity index (χ2v) is 14.2. The molecule has 0 bridgehead atoms. The third kappa shape index (κ3) is 9.95. The second-order valence-electron chi connectivity index (χ2n) is 5.28. The molecule has 0 aliphatic rings. The summed E-state index contributed by atoms with van der Waals surface area (Å²) in [5.74, 6) is 0.752. The van der Waals surface area contributed by atoms with Crippen LogP contribution in [0.4, 0.5) is 0 Å². The molecule has 0 heterocycles. The Kier molecular flexibility index (Phi) is 5.04. The van der Waals surface area contributed by atoms with Crippen molar-refractivity contribution in [2.24, 2.45) is 4.99 Å². The van der Waals surface area contributed by atoms with Gasteiger partial charge in [-0.15, -0.1) is 0 Å². The highest BCUT2D eigenvalue weighted by atomic mass is 28.4. The fourth-order valence-corrected chi connectivity index (χ4v) is 2.19. The lowest BCUT2D eigenvalue weighted by molar-refractivity contribution is 0.321. The van der Waals surface area contributed by atoms with Gasteiger partial charge in [-0.1, -0.05) is 0 Å². The fourth-order valence-electron chi connectivity index (χ4n) is 0.792. The normalized spacial score (nSPS) is 14.4. The Morgan fingerprint density at radius 3 is 1.86 bits per heavy atom. The Morgan fingerprint density at radius 1 is 1.00 bits per heavy atom. The standard InChI is InChI=1S/C9H23NO2Si2/c1-9(12-14(5,6)7)10-8-11-13(2,3)4/h8H2,1-7H3/b10-9-. The molecule has 0 rings (SSSR count). The molecule has 0 amide bonds. The van der Waals surface area contributed by atoms with E-state index >= 15 is 0 Å². The predicted molar refractivity (Wildman–Crippen MR) is 66.8 cm³/mol. The quantitative estimate of drug-likeness (QED) is 0.424. The molecule has 0 N–H and O–H groups in total. The fraction of sp³-hybridized carbons (Fsp3) is 0.889. The van der Waals surface area contributed by atoms with Crippen LogP contribution in [0.25, 0.3) is 0 Å². The van der Waals surface area contributed by atoms with Gasteiger partial charge < -0.3 is 8.85 Å². The monoisotopic (exact) mass is 233 g/mol. The minimum atomic E-state index is -1.49. The van der Waals surface area contributed by atoms with Crippen molar-refractivity contribution in [1.29, 1.82) is 0 Å². The average Bonchev–Trinajstić information content (AvgIpc) is 1.78. The molecule has 0 saturated carbocycles. The smallest absolute Gasteiger partial charge is 0.243 e. The minimum Gasteiger partial charge on any atom is -0.535 e. The highest BCUT2D eigenvalue weighted by Crippen LogP contribution is 2.05. The van der Waals surface area contributed by atoms with Gasteiger partial charge in [0, 0.05) is 6.92 Å². The summed E-state index contributed by atoms with van der Waals surface area (Å²) in [5.41, 5.74) is 0. The summed E-state index contributed by atoms with van der Waals surface area (Å²) in [6.45, 7) is 15.2. The first-order chi connectivity index (χ1) is 6.10. The van der Waals surface area contributed by atoms with Crippen LogP contribution in [0, 0.1) is 0 Å². The van der Waals surface area contributed by atoms with E-state index in [0.29, 0.717) is 6.73 Å². The van der Waals surface area contributed by atoms with Crippen molar-refractivity contribution in [1.82, 2.24) is 0 Å². The summed E-state index contributed by atoms with van der Waals surface area (Å²) >= 11 is 0. The van der Waals surface area contributed by atoms with Gasteiger partial charge in [-0.3, -0.25) is 0 Å². The Hall–Kier alpha value is -0.136. The first-order valence-electron chi connectivity index (χ1n) is 4.94. The van der Waals surface area contributed by atoms with Gasteiger partial charge in [0.25, 0.3) is 0 Å². The predicted octanol–water partition coefficient (Wildman–Crippen LogP) is 3.07. The lowest BCUT2D eigenvalue weighted by Gasteiger charge is -2.19. The van der Waals surface area contributed by atoms with E-state index in [2.05, 4.69) is 44.3 Å². The van der Waals surface area contributed by atoms with Crippen molar-refractivity contribution in [3.05, 3.63) is 0 Å². The molecule has 0 aliphatic carbocycles. The lowest BCUT2D eigenvalue weighted by Crippen LogP contribution is -2.29. The van der Waals surface area contributed by atoms with Gasteiger partial charge in [0.15, 0.2) is 14.2 Å². The molecule has 0 aromatic carbocycles. The van der Waals surface area contributed by atoms with Crippen LogP contribution in [0.15, 0.2) is 4.99 Å². The Labute approximate surface area is 89.8 Å². The third-order valence-corrected chi connectivity index (χ3v) is 3.14. The first kappa shape index (κ1) is 13.9. The number of hydrogen-bond donors (Lipinski definition) is 0. The number of aliphatic imine (C=N–C) groups is 1. The third-order valence-electron chi connectivity index (χ3n) is 1.24. The van der Waals surface area contributed by atoms with E-state index in [1.165, 1.54) is 0 Å². The molecule has 0 fully saturated rings. The van der Waals surface area contributed by atoms with Crippen LogP contribution < -0.4 is 0 Å². The van der Waals surface area contributed by atoms with E-state index in [1.54, 1.807) is 0 Å². The Bertz CT molecular complexity index is 204. The largest absolute Gasteiger partial charge is 0.535 e. The maximum absolute atomic E-state index is 5.68. The summed E-state index contributed by atoms with van der Waals surface area (Å²) in [7, 11) is -2.93. The van der Waals surface area contributed by atoms with E-state index < -0.39 is 16.6 Å². The molecule has 3 nitrogen and oxygen atoms in total. The summed E-state index contributed by atoms with van der Waals surface area (Å²) in [5, 5.41) is 0. The highest BCUT2D eigenvalue weighted by molar-refractivity contribution is 6.71. The summed E-state index contributed by atoms with van der Waals surface area (Å²) in [6.07, 6.45) is 0. The number of hydrogen-bond acceptors (Lipinski definition) is 3. The van der Waals surface area contributed by atoms with Gasteiger partial charge in [-0.25, -0.2) is 4.99 Å². The minimum absolute atomic E-state index is 0.437. The zero-order valence-electron chi connectivity index (χ0n) is 10.5.